The van der Waals surface area contributed by atoms with Crippen molar-refractivity contribution in [3.05, 3.63) is 18.2 Å². The van der Waals surface area contributed by atoms with E-state index in [0.717, 1.165) is 18.7 Å². The van der Waals surface area contributed by atoms with Crippen molar-refractivity contribution in [2.24, 2.45) is 0 Å². The highest BCUT2D eigenvalue weighted by atomic mass is 16.3. The Morgan fingerprint density at radius 2 is 2.32 bits per heavy atom. The van der Waals surface area contributed by atoms with Crippen molar-refractivity contribution >= 4 is 18.3 Å². The van der Waals surface area contributed by atoms with Gasteiger partial charge >= 0.3 is 0 Å². The monoisotopic (exact) mass is 310 g/mol. The molecule has 1 atom stereocenters. The highest BCUT2D eigenvalue weighted by molar-refractivity contribution is 5.88. The van der Waals surface area contributed by atoms with Crippen LogP contribution in [0.1, 0.15) is 32.0 Å². The van der Waals surface area contributed by atoms with Crippen LogP contribution in [-0.2, 0) is 20.8 Å². The largest absolute Gasteiger partial charge is 0.483 e. The minimum Gasteiger partial charge on any atom is -0.483 e. The molecule has 1 aliphatic rings. The maximum Gasteiger partial charge on any atom is 0.290 e. The summed E-state index contributed by atoms with van der Waals surface area (Å²) >= 11 is 0. The summed E-state index contributed by atoms with van der Waals surface area (Å²) in [5, 5.41) is 9.77. The minimum absolute atomic E-state index is 0.0501. The highest BCUT2D eigenvalue weighted by Crippen LogP contribution is 2.18. The molecule has 0 spiro atoms. The van der Waals surface area contributed by atoms with E-state index in [1.165, 1.54) is 0 Å². The van der Waals surface area contributed by atoms with Crippen LogP contribution in [0.4, 0.5) is 0 Å². The number of hydrogen-bond donors (Lipinski definition) is 3. The number of hydrogen-bond acceptors (Lipinski definition) is 4. The second-order valence-corrected chi connectivity index (χ2v) is 4.78. The smallest absolute Gasteiger partial charge is 0.290 e. The molecule has 1 saturated heterocycles. The first-order chi connectivity index (χ1) is 10.6. The Morgan fingerprint density at radius 3 is 2.91 bits per heavy atom. The maximum absolute atomic E-state index is 12.1. The first kappa shape index (κ1) is 17.7. The predicted octanol–water partition coefficient (Wildman–Crippen LogP) is 0.170. The number of carboxylic acid groups (broad SMARTS) is 1. The van der Waals surface area contributed by atoms with E-state index < -0.39 is 0 Å². The van der Waals surface area contributed by atoms with Gasteiger partial charge in [-0.05, 0) is 12.8 Å². The van der Waals surface area contributed by atoms with E-state index >= 15 is 0 Å². The van der Waals surface area contributed by atoms with E-state index in [0.29, 0.717) is 25.9 Å². The Labute approximate surface area is 128 Å². The molecule has 122 valence electrons. The Morgan fingerprint density at radius 1 is 1.59 bits per heavy atom. The van der Waals surface area contributed by atoms with Crippen LogP contribution in [0.3, 0.4) is 0 Å². The van der Waals surface area contributed by atoms with Crippen molar-refractivity contribution in [2.45, 2.75) is 38.6 Å². The minimum atomic E-state index is -0.288. The van der Waals surface area contributed by atoms with Gasteiger partial charge in [0.1, 0.15) is 11.9 Å². The lowest BCUT2D eigenvalue weighted by Gasteiger charge is -2.23. The van der Waals surface area contributed by atoms with Crippen LogP contribution in [0.25, 0.3) is 0 Å². The summed E-state index contributed by atoms with van der Waals surface area (Å²) in [6, 6.07) is -0.288. The van der Waals surface area contributed by atoms with Gasteiger partial charge in [0.25, 0.3) is 6.47 Å². The average molecular weight is 310 g/mol. The second kappa shape index (κ2) is 9.54. The molecule has 1 fully saturated rings. The summed E-state index contributed by atoms with van der Waals surface area (Å²) in [6.45, 7) is 2.81. The molecule has 0 aromatic carbocycles. The number of nitrogens with zero attached hydrogens (tertiary/aromatic N) is 2. The van der Waals surface area contributed by atoms with E-state index in [1.54, 1.807) is 17.3 Å². The third-order valence-corrected chi connectivity index (χ3v) is 3.39. The molecule has 3 N–H and O–H groups in total. The molecule has 2 amide bonds. The lowest BCUT2D eigenvalue weighted by molar-refractivity contribution is -0.138. The Balaban J connectivity index is 0.000000745. The molecule has 0 radical (unpaired) electrons. The summed E-state index contributed by atoms with van der Waals surface area (Å²) in [4.78, 5) is 40.9. The number of H-pyrrole nitrogens is 1. The molecule has 0 unspecified atom stereocenters. The van der Waals surface area contributed by atoms with Gasteiger partial charge in [-0.15, -0.1) is 0 Å². The number of carbonyl (C=O) groups is 3. The Hall–Kier alpha value is -2.38. The van der Waals surface area contributed by atoms with Gasteiger partial charge in [0.15, 0.2) is 0 Å². The first-order valence-corrected chi connectivity index (χ1v) is 7.27. The van der Waals surface area contributed by atoms with E-state index in [9.17, 15) is 9.59 Å². The fourth-order valence-corrected chi connectivity index (χ4v) is 2.40. The quantitative estimate of drug-likeness (QED) is 0.671. The molecule has 2 heterocycles. The Kier molecular flexibility index (Phi) is 7.66. The molecule has 2 rings (SSSR count). The van der Waals surface area contributed by atoms with Gasteiger partial charge in [-0.1, -0.05) is 6.92 Å². The number of amides is 2. The maximum atomic E-state index is 12.1. The molecule has 0 aliphatic carbocycles. The van der Waals surface area contributed by atoms with E-state index in [2.05, 4.69) is 15.3 Å². The predicted molar refractivity (Wildman–Crippen MR) is 79.0 cm³/mol. The summed E-state index contributed by atoms with van der Waals surface area (Å²) in [5.41, 5.74) is 0. The zero-order valence-electron chi connectivity index (χ0n) is 12.6. The van der Waals surface area contributed by atoms with Gasteiger partial charge in [-0.3, -0.25) is 14.4 Å². The lowest BCUT2D eigenvalue weighted by atomic mass is 10.2. The molecule has 1 aliphatic heterocycles. The van der Waals surface area contributed by atoms with Gasteiger partial charge in [-0.2, -0.15) is 0 Å². The summed E-state index contributed by atoms with van der Waals surface area (Å²) in [6.07, 6.45) is 6.25. The van der Waals surface area contributed by atoms with Gasteiger partial charge in [0, 0.05) is 38.3 Å². The topological polar surface area (TPSA) is 115 Å². The number of rotatable bonds is 5. The average Bonchev–Trinajstić information content (AvgIpc) is 3.18. The van der Waals surface area contributed by atoms with Crippen LogP contribution < -0.4 is 5.32 Å². The molecule has 0 bridgehead atoms. The number of aromatic amines is 1. The number of aromatic nitrogens is 2. The molecular weight excluding hydrogens is 288 g/mol. The summed E-state index contributed by atoms with van der Waals surface area (Å²) in [5.74, 6) is 0.864. The van der Waals surface area contributed by atoms with E-state index in [-0.39, 0.29) is 24.3 Å². The summed E-state index contributed by atoms with van der Waals surface area (Å²) in [7, 11) is 0. The number of likely N-dealkylation sites (tertiary alicyclic amines) is 1. The van der Waals surface area contributed by atoms with Crippen LogP contribution in [-0.4, -0.2) is 57.4 Å². The molecule has 0 saturated carbocycles. The number of imidazole rings is 1. The van der Waals surface area contributed by atoms with Crippen molar-refractivity contribution in [1.82, 2.24) is 20.2 Å². The zero-order valence-corrected chi connectivity index (χ0v) is 12.6. The molecule has 8 nitrogen and oxygen atoms in total. The van der Waals surface area contributed by atoms with Crippen molar-refractivity contribution < 1.29 is 19.5 Å². The van der Waals surface area contributed by atoms with E-state index in [1.807, 2.05) is 6.92 Å². The SMILES string of the molecule is CCC(=O)N1CCC[C@H]1C(=O)NCCc1ncc[nH]1.O=CO. The highest BCUT2D eigenvalue weighted by Gasteiger charge is 2.32. The molecule has 1 aromatic heterocycles. The standard InChI is InChI=1S/C13H20N4O2.CH2O2/c1-2-12(18)17-9-3-4-10(17)13(19)16-6-5-11-14-7-8-15-11;2-1-3/h7-8,10H,2-6,9H2,1H3,(H,14,15)(H,16,19);1H,(H,2,3)/t10-;/m0./s1. The summed E-state index contributed by atoms with van der Waals surface area (Å²) < 4.78 is 0. The molecular formula is C14H22N4O4. The lowest BCUT2D eigenvalue weighted by Crippen LogP contribution is -2.46. The molecule has 1 aromatic rings. The second-order valence-electron chi connectivity index (χ2n) is 4.78. The van der Waals surface area contributed by atoms with E-state index in [4.69, 9.17) is 9.90 Å². The van der Waals surface area contributed by atoms with Crippen LogP contribution in [0.5, 0.6) is 0 Å². The van der Waals surface area contributed by atoms with Crippen LogP contribution in [0.2, 0.25) is 0 Å². The third-order valence-electron chi connectivity index (χ3n) is 3.39. The van der Waals surface area contributed by atoms with Gasteiger partial charge in [0.05, 0.1) is 0 Å². The number of carbonyl (C=O) groups excluding carboxylic acids is 2. The fraction of sp³-hybridized carbons (Fsp3) is 0.571. The third kappa shape index (κ3) is 5.19. The van der Waals surface area contributed by atoms with Crippen LogP contribution >= 0.6 is 0 Å². The van der Waals surface area contributed by atoms with Gasteiger partial charge in [-0.25, -0.2) is 4.98 Å². The van der Waals surface area contributed by atoms with Crippen molar-refractivity contribution in [3.63, 3.8) is 0 Å². The van der Waals surface area contributed by atoms with Crippen LogP contribution in [0.15, 0.2) is 12.4 Å². The molecule has 8 heteroatoms. The van der Waals surface area contributed by atoms with Crippen molar-refractivity contribution in [1.29, 1.82) is 0 Å². The van der Waals surface area contributed by atoms with Crippen molar-refractivity contribution in [2.75, 3.05) is 13.1 Å². The normalized spacial score (nSPS) is 16.6. The Bertz CT molecular complexity index is 475. The first-order valence-electron chi connectivity index (χ1n) is 7.27. The van der Waals surface area contributed by atoms with Gasteiger partial charge in [0.2, 0.25) is 11.8 Å². The fourth-order valence-electron chi connectivity index (χ4n) is 2.40. The van der Waals surface area contributed by atoms with Crippen molar-refractivity contribution in [3.8, 4) is 0 Å². The number of nitrogens with one attached hydrogen (secondary N) is 2. The molecule has 22 heavy (non-hydrogen) atoms. The zero-order chi connectivity index (χ0) is 16.4. The van der Waals surface area contributed by atoms with Crippen LogP contribution in [0, 0.1) is 0 Å². The van der Waals surface area contributed by atoms with Gasteiger partial charge < -0.3 is 20.3 Å².